The minimum absolute atomic E-state index is 0.0356. The molecule has 2 aliphatic heterocycles. The Kier molecular flexibility index (Phi) is 8.38. The summed E-state index contributed by atoms with van der Waals surface area (Å²) >= 11 is 0. The zero-order valence-corrected chi connectivity index (χ0v) is 24.9. The Hall–Kier alpha value is -3.55. The van der Waals surface area contributed by atoms with Gasteiger partial charge in [-0.2, -0.15) is 4.98 Å². The molecule has 8 N–H and O–H groups in total. The second-order valence-electron chi connectivity index (χ2n) is 10.4. The molecule has 6 rings (SSSR count). The summed E-state index contributed by atoms with van der Waals surface area (Å²) in [5, 5.41) is 0.319. The molecule has 0 aliphatic carbocycles. The number of benzene rings is 1. The third-order valence-electron chi connectivity index (χ3n) is 7.19. The minimum atomic E-state index is -4.87. The van der Waals surface area contributed by atoms with E-state index < -0.39 is 58.6 Å². The van der Waals surface area contributed by atoms with Crippen molar-refractivity contribution in [3.05, 3.63) is 51.6 Å². The van der Waals surface area contributed by atoms with E-state index in [1.54, 1.807) is 12.1 Å². The Bertz CT molecular complexity index is 1960. The number of H-pyrrole nitrogens is 1. The number of nitrogens with two attached hydrogens (primary N) is 2. The van der Waals surface area contributed by atoms with Crippen molar-refractivity contribution in [2.24, 2.45) is 0 Å². The summed E-state index contributed by atoms with van der Waals surface area (Å²) in [6, 6.07) is 4.79. The molecule has 20 nitrogen and oxygen atoms in total. The molecule has 2 aliphatic rings. The molecular formula is C23H28N8O12P2. The molecule has 1 aromatic carbocycles. The van der Waals surface area contributed by atoms with Crippen molar-refractivity contribution in [3.63, 3.8) is 0 Å². The van der Waals surface area contributed by atoms with Crippen LogP contribution in [0.25, 0.3) is 22.1 Å². The number of rotatable bonds is 10. The molecule has 0 spiro atoms. The quantitative estimate of drug-likeness (QED) is 0.0974. The molecule has 0 radical (unpaired) electrons. The van der Waals surface area contributed by atoms with Gasteiger partial charge in [-0.15, -0.1) is 0 Å². The molecule has 0 amide bonds. The van der Waals surface area contributed by atoms with Crippen molar-refractivity contribution in [1.82, 2.24) is 29.1 Å². The first-order valence-corrected chi connectivity index (χ1v) is 16.4. The Labute approximate surface area is 251 Å². The molecule has 45 heavy (non-hydrogen) atoms. The SMILES string of the molecule is Nc1ccc2ncn([C@H]3CC[C@@H](COP(=O)(O)OC4C[C@@H](COP(=O)(O)O)O[C@H]4n4cnc5c(=O)[nH]c(N)nc54)O3)c(=O)c2c1. The van der Waals surface area contributed by atoms with E-state index in [-0.39, 0.29) is 35.7 Å². The van der Waals surface area contributed by atoms with Crippen molar-refractivity contribution < 1.29 is 46.9 Å². The maximum Gasteiger partial charge on any atom is 0.472 e. The molecule has 242 valence electrons. The lowest BCUT2D eigenvalue weighted by Crippen LogP contribution is -2.26. The molecule has 5 heterocycles. The van der Waals surface area contributed by atoms with Crippen LogP contribution in [0.2, 0.25) is 0 Å². The number of phosphoric acid groups is 2. The van der Waals surface area contributed by atoms with E-state index in [1.807, 2.05) is 0 Å². The number of fused-ring (bicyclic) bond motifs is 2. The number of anilines is 2. The van der Waals surface area contributed by atoms with Gasteiger partial charge in [-0.05, 0) is 31.0 Å². The predicted octanol–water partition coefficient (Wildman–Crippen LogP) is 0.271. The highest BCUT2D eigenvalue weighted by molar-refractivity contribution is 7.47. The summed E-state index contributed by atoms with van der Waals surface area (Å²) in [5.41, 5.74) is 11.2. The first-order chi connectivity index (χ1) is 21.3. The van der Waals surface area contributed by atoms with E-state index in [9.17, 15) is 23.6 Å². The van der Waals surface area contributed by atoms with E-state index in [0.29, 0.717) is 29.4 Å². The van der Waals surface area contributed by atoms with Crippen molar-refractivity contribution >= 4 is 49.3 Å². The zero-order valence-electron chi connectivity index (χ0n) is 23.1. The molecule has 2 saturated heterocycles. The van der Waals surface area contributed by atoms with Crippen molar-refractivity contribution in [3.8, 4) is 0 Å². The highest BCUT2D eigenvalue weighted by Crippen LogP contribution is 2.50. The molecular weight excluding hydrogens is 642 g/mol. The summed E-state index contributed by atoms with van der Waals surface area (Å²) in [6.45, 7) is -0.968. The summed E-state index contributed by atoms with van der Waals surface area (Å²) in [6.07, 6.45) is -1.81. The molecule has 2 unspecified atom stereocenters. The fraction of sp³-hybridized carbons (Fsp3) is 0.435. The van der Waals surface area contributed by atoms with Gasteiger partial charge in [0.05, 0.1) is 42.7 Å². The number of nitrogens with one attached hydrogen (secondary N) is 1. The number of hydrogen-bond acceptors (Lipinski definition) is 14. The van der Waals surface area contributed by atoms with E-state index in [0.717, 1.165) is 0 Å². The van der Waals surface area contributed by atoms with Crippen molar-refractivity contribution in [1.29, 1.82) is 0 Å². The maximum absolute atomic E-state index is 13.1. The van der Waals surface area contributed by atoms with Crippen LogP contribution in [-0.4, -0.2) is 75.3 Å². The van der Waals surface area contributed by atoms with Gasteiger partial charge >= 0.3 is 15.6 Å². The van der Waals surface area contributed by atoms with Gasteiger partial charge in [-0.1, -0.05) is 0 Å². The fourth-order valence-corrected chi connectivity index (χ4v) is 6.53. The summed E-state index contributed by atoms with van der Waals surface area (Å²) in [5.74, 6) is -0.233. The van der Waals surface area contributed by atoms with Crippen LogP contribution in [0.4, 0.5) is 11.6 Å². The number of aromatic nitrogens is 6. The number of phosphoric ester groups is 2. The van der Waals surface area contributed by atoms with E-state index in [2.05, 4.69) is 24.5 Å². The van der Waals surface area contributed by atoms with Crippen LogP contribution in [0.1, 0.15) is 31.7 Å². The van der Waals surface area contributed by atoms with Crippen LogP contribution in [0.3, 0.4) is 0 Å². The van der Waals surface area contributed by atoms with Crippen LogP contribution < -0.4 is 22.6 Å². The highest BCUT2D eigenvalue weighted by Gasteiger charge is 2.44. The first kappa shape index (κ1) is 31.4. The first-order valence-electron chi connectivity index (χ1n) is 13.4. The van der Waals surface area contributed by atoms with Crippen LogP contribution in [0, 0.1) is 0 Å². The van der Waals surface area contributed by atoms with Crippen LogP contribution in [-0.2, 0) is 32.2 Å². The third kappa shape index (κ3) is 6.85. The van der Waals surface area contributed by atoms with Gasteiger partial charge in [0.15, 0.2) is 17.4 Å². The fourth-order valence-electron chi connectivity index (χ4n) is 5.22. The number of hydrogen-bond donors (Lipinski definition) is 6. The molecule has 6 atom stereocenters. The normalized spacial score (nSPS) is 25.3. The number of aromatic amines is 1. The zero-order chi connectivity index (χ0) is 32.1. The van der Waals surface area contributed by atoms with Gasteiger partial charge in [0.2, 0.25) is 5.95 Å². The number of imidazole rings is 1. The lowest BCUT2D eigenvalue weighted by molar-refractivity contribution is -0.0535. The topological polar surface area (TPSA) is 291 Å². The second kappa shape index (κ2) is 12.0. The summed E-state index contributed by atoms with van der Waals surface area (Å²) < 4.78 is 53.8. The smallest absolute Gasteiger partial charge is 0.399 e. The van der Waals surface area contributed by atoms with E-state index in [1.165, 1.54) is 27.9 Å². The van der Waals surface area contributed by atoms with E-state index >= 15 is 0 Å². The summed E-state index contributed by atoms with van der Waals surface area (Å²) in [7, 11) is -9.69. The van der Waals surface area contributed by atoms with Gasteiger partial charge in [0, 0.05) is 12.1 Å². The van der Waals surface area contributed by atoms with Crippen molar-refractivity contribution in [2.45, 2.75) is 50.0 Å². The van der Waals surface area contributed by atoms with Gasteiger partial charge < -0.3 is 35.6 Å². The number of nitrogens with zero attached hydrogens (tertiary/aromatic N) is 5. The van der Waals surface area contributed by atoms with Gasteiger partial charge in [-0.3, -0.25) is 37.3 Å². The second-order valence-corrected chi connectivity index (χ2v) is 13.0. The highest BCUT2D eigenvalue weighted by atomic mass is 31.2. The Morgan fingerprint density at radius 2 is 1.76 bits per heavy atom. The van der Waals surface area contributed by atoms with Crippen LogP contribution in [0.15, 0.2) is 40.4 Å². The molecule has 22 heteroatoms. The molecule has 0 saturated carbocycles. The lowest BCUT2D eigenvalue weighted by atomic mass is 10.2. The largest absolute Gasteiger partial charge is 0.472 e. The average Bonchev–Trinajstić information content (AvgIpc) is 3.69. The maximum atomic E-state index is 13.1. The van der Waals surface area contributed by atoms with Gasteiger partial charge in [-0.25, -0.2) is 19.1 Å². The van der Waals surface area contributed by atoms with Crippen LogP contribution >= 0.6 is 15.6 Å². The summed E-state index contributed by atoms with van der Waals surface area (Å²) in [4.78, 5) is 68.7. The molecule has 3 aromatic heterocycles. The van der Waals surface area contributed by atoms with Crippen LogP contribution in [0.5, 0.6) is 0 Å². The lowest BCUT2D eigenvalue weighted by Gasteiger charge is -2.23. The van der Waals surface area contributed by atoms with E-state index in [4.69, 9.17) is 39.8 Å². The third-order valence-corrected chi connectivity index (χ3v) is 8.69. The standard InChI is InChI=1S/C23H28N8O12P2/c24-11-1-3-15-14(5-11)21(33)30(9-26-15)17-4-2-12(41-17)7-40-45(37,38)43-16-6-13(8-39-44(34,35)36)42-22(16)31-10-27-18-19(31)28-23(25)29-20(18)32/h1,3,5,9-10,12-13,16-17,22H,2,4,6-8,24H2,(H,37,38)(H2,34,35,36)(H3,25,28,29,32)/t12-,13-,16?,17+,22+/m0/s1. The van der Waals surface area contributed by atoms with Gasteiger partial charge in [0.1, 0.15) is 18.7 Å². The Morgan fingerprint density at radius 3 is 2.53 bits per heavy atom. The number of nitrogen functional groups attached to an aromatic ring is 2. The molecule has 2 fully saturated rings. The minimum Gasteiger partial charge on any atom is -0.399 e. The predicted molar refractivity (Wildman–Crippen MR) is 153 cm³/mol. The Balaban J connectivity index is 1.15. The van der Waals surface area contributed by atoms with Gasteiger partial charge in [0.25, 0.3) is 11.1 Å². The molecule has 0 bridgehead atoms. The monoisotopic (exact) mass is 670 g/mol. The Morgan fingerprint density at radius 1 is 1.00 bits per heavy atom. The van der Waals surface area contributed by atoms with Crippen molar-refractivity contribution in [2.75, 3.05) is 24.7 Å². The number of ether oxygens (including phenoxy) is 2. The average molecular weight is 670 g/mol. The molecule has 4 aromatic rings.